The van der Waals surface area contributed by atoms with Crippen molar-refractivity contribution in [1.82, 2.24) is 25.0 Å². The molecule has 0 radical (unpaired) electrons. The number of aryl methyl sites for hydroxylation is 1. The van der Waals surface area contributed by atoms with Crippen LogP contribution in [0.4, 0.5) is 6.01 Å². The highest BCUT2D eigenvalue weighted by Gasteiger charge is 2.19. The molecule has 2 aromatic heterocycles. The number of hydrogen-bond acceptors (Lipinski definition) is 7. The van der Waals surface area contributed by atoms with E-state index in [0.29, 0.717) is 21.9 Å². The molecule has 0 aliphatic carbocycles. The van der Waals surface area contributed by atoms with Crippen LogP contribution in [0.2, 0.25) is 5.02 Å². The number of aromatic nitrogens is 5. The minimum Gasteiger partial charge on any atom is -0.408 e. The molecule has 1 N–H and O–H groups in total. The second-order valence-corrected chi connectivity index (χ2v) is 8.75. The first-order valence-corrected chi connectivity index (χ1v) is 11.3. The molecule has 0 bridgehead atoms. The molecule has 0 saturated carbocycles. The van der Waals surface area contributed by atoms with Crippen molar-refractivity contribution in [2.45, 2.75) is 31.8 Å². The van der Waals surface area contributed by atoms with Gasteiger partial charge in [0.15, 0.2) is 11.0 Å². The molecule has 164 valence electrons. The normalized spacial score (nSPS) is 11.2. The Morgan fingerprint density at radius 1 is 1.09 bits per heavy atom. The number of carbonyl (C=O) groups excluding carboxylic acids is 1. The van der Waals surface area contributed by atoms with E-state index in [1.54, 1.807) is 0 Å². The van der Waals surface area contributed by atoms with Crippen LogP contribution in [0.25, 0.3) is 17.1 Å². The van der Waals surface area contributed by atoms with Crippen LogP contribution in [-0.2, 0) is 4.79 Å². The maximum absolute atomic E-state index is 12.5. The molecule has 0 aliphatic rings. The lowest BCUT2D eigenvalue weighted by atomic mass is 10.1. The van der Waals surface area contributed by atoms with Crippen molar-refractivity contribution in [2.24, 2.45) is 0 Å². The summed E-state index contributed by atoms with van der Waals surface area (Å²) in [4.78, 5) is 12.5. The number of carbonyl (C=O) groups is 1. The van der Waals surface area contributed by atoms with Crippen LogP contribution in [0.1, 0.15) is 31.2 Å². The van der Waals surface area contributed by atoms with Crippen molar-refractivity contribution in [3.63, 3.8) is 0 Å². The average molecular weight is 469 g/mol. The van der Waals surface area contributed by atoms with Gasteiger partial charge in [0.1, 0.15) is 0 Å². The minimum absolute atomic E-state index is 0.0847. The van der Waals surface area contributed by atoms with Gasteiger partial charge in [0.25, 0.3) is 0 Å². The molecular weight excluding hydrogens is 448 g/mol. The molecule has 32 heavy (non-hydrogen) atoms. The second kappa shape index (κ2) is 9.54. The van der Waals surface area contributed by atoms with Crippen molar-refractivity contribution in [1.29, 1.82) is 0 Å². The predicted octanol–water partition coefficient (Wildman–Crippen LogP) is 5.13. The topological polar surface area (TPSA) is 98.7 Å². The zero-order valence-corrected chi connectivity index (χ0v) is 19.3. The van der Waals surface area contributed by atoms with Gasteiger partial charge in [-0.2, -0.15) is 0 Å². The summed E-state index contributed by atoms with van der Waals surface area (Å²) < 4.78 is 7.39. The first-order valence-electron chi connectivity index (χ1n) is 9.96. The van der Waals surface area contributed by atoms with E-state index in [0.717, 1.165) is 16.8 Å². The SMILES string of the molecule is Cc1ccccc1-n1c(SCC(=O)Nc2nnc(C(C)C)o2)nnc1-c1ccc(Cl)cc1. The van der Waals surface area contributed by atoms with E-state index in [9.17, 15) is 4.79 Å². The van der Waals surface area contributed by atoms with Gasteiger partial charge in [-0.25, -0.2) is 0 Å². The summed E-state index contributed by atoms with van der Waals surface area (Å²) in [7, 11) is 0. The first kappa shape index (κ1) is 22.0. The van der Waals surface area contributed by atoms with E-state index in [1.165, 1.54) is 11.8 Å². The summed E-state index contributed by atoms with van der Waals surface area (Å²) in [6.45, 7) is 5.89. The summed E-state index contributed by atoms with van der Waals surface area (Å²) in [5.41, 5.74) is 2.86. The zero-order valence-electron chi connectivity index (χ0n) is 17.7. The van der Waals surface area contributed by atoms with Gasteiger partial charge in [-0.1, -0.05) is 60.5 Å². The van der Waals surface area contributed by atoms with Gasteiger partial charge < -0.3 is 4.42 Å². The standard InChI is InChI=1S/C22H21ClN6O2S/c1-13(2)20-26-27-21(31-20)24-18(30)12-32-22-28-25-19(15-8-10-16(23)11-9-15)29(22)17-7-5-4-6-14(17)3/h4-11,13H,12H2,1-3H3,(H,24,27,30). The highest BCUT2D eigenvalue weighted by atomic mass is 35.5. The Labute approximate surface area is 194 Å². The van der Waals surface area contributed by atoms with Crippen molar-refractivity contribution in [3.8, 4) is 17.1 Å². The Hall–Kier alpha value is -3.17. The fourth-order valence-electron chi connectivity index (χ4n) is 2.98. The molecule has 1 amide bonds. The Kier molecular flexibility index (Phi) is 6.57. The lowest BCUT2D eigenvalue weighted by Crippen LogP contribution is -2.15. The highest BCUT2D eigenvalue weighted by molar-refractivity contribution is 7.99. The van der Waals surface area contributed by atoms with E-state index in [4.69, 9.17) is 16.0 Å². The lowest BCUT2D eigenvalue weighted by Gasteiger charge is -2.12. The third-order valence-electron chi connectivity index (χ3n) is 4.61. The van der Waals surface area contributed by atoms with E-state index in [2.05, 4.69) is 25.7 Å². The van der Waals surface area contributed by atoms with Gasteiger partial charge in [0, 0.05) is 16.5 Å². The van der Waals surface area contributed by atoms with Crippen LogP contribution in [-0.4, -0.2) is 36.6 Å². The van der Waals surface area contributed by atoms with Crippen molar-refractivity contribution in [3.05, 3.63) is 65.0 Å². The van der Waals surface area contributed by atoms with Gasteiger partial charge in [-0.05, 0) is 42.8 Å². The van der Waals surface area contributed by atoms with Gasteiger partial charge in [-0.15, -0.1) is 15.3 Å². The van der Waals surface area contributed by atoms with Crippen molar-refractivity contribution in [2.75, 3.05) is 11.1 Å². The van der Waals surface area contributed by atoms with Crippen LogP contribution < -0.4 is 5.32 Å². The van der Waals surface area contributed by atoms with Gasteiger partial charge in [0.05, 0.1) is 11.4 Å². The number of nitrogens with zero attached hydrogens (tertiary/aromatic N) is 5. The van der Waals surface area contributed by atoms with E-state index in [-0.39, 0.29) is 23.6 Å². The summed E-state index contributed by atoms with van der Waals surface area (Å²) in [5.74, 6) is 1.05. The van der Waals surface area contributed by atoms with Crippen LogP contribution in [0.15, 0.2) is 58.1 Å². The summed E-state index contributed by atoms with van der Waals surface area (Å²) in [6, 6.07) is 15.4. The smallest absolute Gasteiger partial charge is 0.322 e. The molecule has 8 nitrogen and oxygen atoms in total. The number of benzene rings is 2. The third-order valence-corrected chi connectivity index (χ3v) is 5.79. The predicted molar refractivity (Wildman–Crippen MR) is 124 cm³/mol. The molecule has 2 aromatic carbocycles. The Morgan fingerprint density at radius 2 is 1.84 bits per heavy atom. The second-order valence-electron chi connectivity index (χ2n) is 7.37. The van der Waals surface area contributed by atoms with Gasteiger partial charge >= 0.3 is 6.01 Å². The molecule has 2 heterocycles. The van der Waals surface area contributed by atoms with Crippen LogP contribution in [0.3, 0.4) is 0 Å². The monoisotopic (exact) mass is 468 g/mol. The molecule has 0 saturated heterocycles. The quantitative estimate of drug-likeness (QED) is 0.375. The molecular formula is C22H21ClN6O2S. The third kappa shape index (κ3) is 4.84. The molecule has 0 atom stereocenters. The number of anilines is 1. The maximum Gasteiger partial charge on any atom is 0.322 e. The average Bonchev–Trinajstić information content (AvgIpc) is 3.40. The summed E-state index contributed by atoms with van der Waals surface area (Å²) in [6.07, 6.45) is 0. The fraction of sp³-hybridized carbons (Fsp3) is 0.227. The number of rotatable bonds is 7. The lowest BCUT2D eigenvalue weighted by molar-refractivity contribution is -0.113. The van der Waals surface area contributed by atoms with E-state index < -0.39 is 0 Å². The van der Waals surface area contributed by atoms with Gasteiger partial charge in [0.2, 0.25) is 11.8 Å². The van der Waals surface area contributed by atoms with E-state index in [1.807, 2.05) is 73.9 Å². The molecule has 4 rings (SSSR count). The number of nitrogens with one attached hydrogen (secondary N) is 1. The number of thioether (sulfide) groups is 1. The Bertz CT molecular complexity index is 1240. The molecule has 10 heteroatoms. The Morgan fingerprint density at radius 3 is 2.53 bits per heavy atom. The summed E-state index contributed by atoms with van der Waals surface area (Å²) >= 11 is 7.32. The zero-order chi connectivity index (χ0) is 22.7. The van der Waals surface area contributed by atoms with Crippen molar-refractivity contribution >= 4 is 35.3 Å². The fourth-order valence-corrected chi connectivity index (χ4v) is 3.86. The largest absolute Gasteiger partial charge is 0.408 e. The minimum atomic E-state index is -0.277. The van der Waals surface area contributed by atoms with E-state index >= 15 is 0 Å². The summed E-state index contributed by atoms with van der Waals surface area (Å²) in [5, 5.41) is 20.4. The number of halogens is 1. The number of amides is 1. The maximum atomic E-state index is 12.5. The molecule has 0 unspecified atom stereocenters. The number of hydrogen-bond donors (Lipinski definition) is 1. The molecule has 0 fully saturated rings. The molecule has 0 spiro atoms. The van der Waals surface area contributed by atoms with Crippen molar-refractivity contribution < 1.29 is 9.21 Å². The van der Waals surface area contributed by atoms with Gasteiger partial charge in [-0.3, -0.25) is 14.7 Å². The molecule has 0 aliphatic heterocycles. The first-order chi connectivity index (χ1) is 15.4. The highest BCUT2D eigenvalue weighted by Crippen LogP contribution is 2.30. The molecule has 4 aromatic rings. The van der Waals surface area contributed by atoms with Crippen LogP contribution >= 0.6 is 23.4 Å². The van der Waals surface area contributed by atoms with Crippen LogP contribution in [0, 0.1) is 6.92 Å². The Balaban J connectivity index is 1.58. The number of para-hydroxylation sites is 1. The van der Waals surface area contributed by atoms with Crippen LogP contribution in [0.5, 0.6) is 0 Å².